The van der Waals surface area contributed by atoms with Crippen molar-refractivity contribution in [3.8, 4) is 0 Å². The van der Waals surface area contributed by atoms with E-state index >= 15 is 0 Å². The van der Waals surface area contributed by atoms with E-state index in [9.17, 15) is 22.8 Å². The third-order valence-corrected chi connectivity index (χ3v) is 3.44. The molecular weight excluding hydrogens is 367 g/mol. The van der Waals surface area contributed by atoms with Crippen LogP contribution in [0.2, 0.25) is 0 Å². The molecule has 11 heteroatoms. The molecule has 0 atom stereocenters. The number of nitrogens with zero attached hydrogens (tertiary/aromatic N) is 4. The van der Waals surface area contributed by atoms with Crippen molar-refractivity contribution in [1.82, 2.24) is 19.6 Å². The molecule has 0 aliphatic carbocycles. The van der Waals surface area contributed by atoms with Gasteiger partial charge in [-0.1, -0.05) is 0 Å². The number of carbonyl (C=O) groups is 2. The van der Waals surface area contributed by atoms with Gasteiger partial charge in [-0.3, -0.25) is 4.79 Å². The Morgan fingerprint density at radius 1 is 1.15 bits per heavy atom. The molecule has 0 radical (unpaired) electrons. The van der Waals surface area contributed by atoms with Gasteiger partial charge in [0.1, 0.15) is 0 Å². The SMILES string of the molecule is Cc1cc(C)n2nc(C(=O)OCC(=O)Nc3ccc(F)c(F)c3F)nc2n1. The van der Waals surface area contributed by atoms with E-state index in [1.807, 2.05) is 5.32 Å². The highest BCUT2D eigenvalue weighted by atomic mass is 19.2. The largest absolute Gasteiger partial charge is 0.450 e. The summed E-state index contributed by atoms with van der Waals surface area (Å²) in [6.07, 6.45) is 0. The van der Waals surface area contributed by atoms with E-state index < -0.39 is 41.6 Å². The minimum atomic E-state index is -1.73. The average Bonchev–Trinajstić information content (AvgIpc) is 3.04. The Morgan fingerprint density at radius 2 is 1.89 bits per heavy atom. The van der Waals surface area contributed by atoms with E-state index in [1.54, 1.807) is 19.9 Å². The third kappa shape index (κ3) is 3.71. The lowest BCUT2D eigenvalue weighted by Gasteiger charge is -2.07. The molecule has 0 spiro atoms. The summed E-state index contributed by atoms with van der Waals surface area (Å²) >= 11 is 0. The van der Waals surface area contributed by atoms with Crippen LogP contribution in [0.5, 0.6) is 0 Å². The van der Waals surface area contributed by atoms with E-state index in [0.717, 1.165) is 6.07 Å². The van der Waals surface area contributed by atoms with Gasteiger partial charge < -0.3 is 10.1 Å². The monoisotopic (exact) mass is 379 g/mol. The molecule has 8 nitrogen and oxygen atoms in total. The highest BCUT2D eigenvalue weighted by molar-refractivity contribution is 5.94. The summed E-state index contributed by atoms with van der Waals surface area (Å²) < 4.78 is 45.6. The minimum Gasteiger partial charge on any atom is -0.450 e. The van der Waals surface area contributed by atoms with Crippen molar-refractivity contribution in [2.45, 2.75) is 13.8 Å². The van der Waals surface area contributed by atoms with Gasteiger partial charge in [-0.25, -0.2) is 27.5 Å². The smallest absolute Gasteiger partial charge is 0.378 e. The Labute approximate surface area is 150 Å². The standard InChI is InChI=1S/C16H12F3N5O3/c1-7-5-8(2)24-16(20-7)22-14(23-24)15(26)27-6-11(25)21-10-4-3-9(17)12(18)13(10)19/h3-5H,6H2,1-2H3,(H,21,25). The number of benzene rings is 1. The summed E-state index contributed by atoms with van der Waals surface area (Å²) in [5.41, 5.74) is 0.784. The number of esters is 1. The van der Waals surface area contributed by atoms with Crippen molar-refractivity contribution in [1.29, 1.82) is 0 Å². The molecule has 0 saturated heterocycles. The molecule has 2 aromatic heterocycles. The van der Waals surface area contributed by atoms with E-state index in [-0.39, 0.29) is 11.6 Å². The summed E-state index contributed by atoms with van der Waals surface area (Å²) in [5.74, 6) is -6.77. The number of anilines is 1. The highest BCUT2D eigenvalue weighted by Gasteiger charge is 2.19. The molecule has 27 heavy (non-hydrogen) atoms. The third-order valence-electron chi connectivity index (χ3n) is 3.44. The molecule has 0 unspecified atom stereocenters. The molecule has 0 aliphatic heterocycles. The first kappa shape index (κ1) is 18.3. The number of aryl methyl sites for hydroxylation is 2. The maximum atomic E-state index is 13.5. The van der Waals surface area contributed by atoms with Crippen molar-refractivity contribution in [2.75, 3.05) is 11.9 Å². The lowest BCUT2D eigenvalue weighted by molar-refractivity contribution is -0.119. The zero-order chi connectivity index (χ0) is 19.7. The maximum Gasteiger partial charge on any atom is 0.378 e. The number of nitrogens with one attached hydrogen (secondary N) is 1. The molecule has 1 N–H and O–H groups in total. The van der Waals surface area contributed by atoms with Crippen LogP contribution in [-0.2, 0) is 9.53 Å². The second kappa shape index (κ2) is 7.02. The summed E-state index contributed by atoms with van der Waals surface area (Å²) in [7, 11) is 0. The topological polar surface area (TPSA) is 98.5 Å². The Balaban J connectivity index is 1.66. The summed E-state index contributed by atoms with van der Waals surface area (Å²) in [6, 6.07) is 3.23. The number of hydrogen-bond donors (Lipinski definition) is 1. The summed E-state index contributed by atoms with van der Waals surface area (Å²) in [5, 5.41) is 5.91. The molecule has 0 fully saturated rings. The summed E-state index contributed by atoms with van der Waals surface area (Å²) in [6.45, 7) is 2.69. The number of hydrogen-bond acceptors (Lipinski definition) is 6. The van der Waals surface area contributed by atoms with Gasteiger partial charge in [0.25, 0.3) is 17.5 Å². The van der Waals surface area contributed by atoms with Crippen LogP contribution in [0.3, 0.4) is 0 Å². The fourth-order valence-electron chi connectivity index (χ4n) is 2.26. The molecular formula is C16H12F3N5O3. The molecule has 0 bridgehead atoms. The Morgan fingerprint density at radius 3 is 2.63 bits per heavy atom. The number of fused-ring (bicyclic) bond motifs is 1. The number of carbonyl (C=O) groups excluding carboxylic acids is 2. The quantitative estimate of drug-likeness (QED) is 0.550. The van der Waals surface area contributed by atoms with E-state index in [0.29, 0.717) is 17.5 Å². The van der Waals surface area contributed by atoms with Crippen LogP contribution in [0.15, 0.2) is 18.2 Å². The van der Waals surface area contributed by atoms with Gasteiger partial charge in [0.05, 0.1) is 5.69 Å². The van der Waals surface area contributed by atoms with Gasteiger partial charge in [0.2, 0.25) is 0 Å². The molecule has 3 rings (SSSR count). The van der Waals surface area contributed by atoms with Crippen LogP contribution in [-0.4, -0.2) is 38.1 Å². The Kier molecular flexibility index (Phi) is 4.75. The van der Waals surface area contributed by atoms with Crippen molar-refractivity contribution in [2.24, 2.45) is 0 Å². The van der Waals surface area contributed by atoms with Crippen LogP contribution in [0.4, 0.5) is 18.9 Å². The predicted octanol–water partition coefficient (Wildman–Crippen LogP) is 1.95. The minimum absolute atomic E-state index is 0.188. The molecule has 1 amide bonds. The fraction of sp³-hybridized carbons (Fsp3) is 0.188. The van der Waals surface area contributed by atoms with E-state index in [4.69, 9.17) is 4.74 Å². The average molecular weight is 379 g/mol. The van der Waals surface area contributed by atoms with Crippen LogP contribution in [0.1, 0.15) is 22.0 Å². The number of ether oxygens (including phenoxy) is 1. The van der Waals surface area contributed by atoms with Gasteiger partial charge in [-0.2, -0.15) is 4.98 Å². The number of rotatable bonds is 4. The Hall–Kier alpha value is -3.50. The molecule has 0 saturated carbocycles. The van der Waals surface area contributed by atoms with Crippen LogP contribution < -0.4 is 5.32 Å². The van der Waals surface area contributed by atoms with Gasteiger partial charge in [-0.15, -0.1) is 5.10 Å². The van der Waals surface area contributed by atoms with Crippen molar-refractivity contribution < 1.29 is 27.5 Å². The first-order valence-electron chi connectivity index (χ1n) is 7.57. The molecule has 2 heterocycles. The van der Waals surface area contributed by atoms with Crippen molar-refractivity contribution >= 4 is 23.3 Å². The van der Waals surface area contributed by atoms with Crippen molar-refractivity contribution in [3.63, 3.8) is 0 Å². The van der Waals surface area contributed by atoms with Gasteiger partial charge in [0.15, 0.2) is 24.1 Å². The highest BCUT2D eigenvalue weighted by Crippen LogP contribution is 2.19. The lowest BCUT2D eigenvalue weighted by atomic mass is 10.3. The normalized spacial score (nSPS) is 10.9. The molecule has 3 aromatic rings. The maximum absolute atomic E-state index is 13.5. The lowest BCUT2D eigenvalue weighted by Crippen LogP contribution is -2.22. The van der Waals surface area contributed by atoms with Gasteiger partial charge in [0, 0.05) is 11.4 Å². The van der Waals surface area contributed by atoms with E-state index in [1.165, 1.54) is 4.52 Å². The number of amides is 1. The molecule has 0 aliphatic rings. The Bertz CT molecular complexity index is 1070. The number of aromatic nitrogens is 4. The zero-order valence-corrected chi connectivity index (χ0v) is 14.1. The summed E-state index contributed by atoms with van der Waals surface area (Å²) in [4.78, 5) is 31.7. The fourth-order valence-corrected chi connectivity index (χ4v) is 2.26. The second-order valence-corrected chi connectivity index (χ2v) is 5.53. The van der Waals surface area contributed by atoms with Crippen LogP contribution >= 0.6 is 0 Å². The van der Waals surface area contributed by atoms with E-state index in [2.05, 4.69) is 15.1 Å². The first-order chi connectivity index (χ1) is 12.8. The van der Waals surface area contributed by atoms with Crippen molar-refractivity contribution in [3.05, 3.63) is 52.9 Å². The first-order valence-corrected chi connectivity index (χ1v) is 7.57. The second-order valence-electron chi connectivity index (χ2n) is 5.53. The molecule has 1 aromatic carbocycles. The van der Waals surface area contributed by atoms with Gasteiger partial charge >= 0.3 is 5.97 Å². The number of halogens is 3. The zero-order valence-electron chi connectivity index (χ0n) is 14.1. The van der Waals surface area contributed by atoms with Gasteiger partial charge in [-0.05, 0) is 32.0 Å². The van der Waals surface area contributed by atoms with Crippen LogP contribution in [0.25, 0.3) is 5.78 Å². The molecule has 140 valence electrons. The predicted molar refractivity (Wildman–Crippen MR) is 85.5 cm³/mol. The van der Waals surface area contributed by atoms with Crippen LogP contribution in [0, 0.1) is 31.3 Å².